The second-order valence-corrected chi connectivity index (χ2v) is 13.3. The molecule has 0 radical (unpaired) electrons. The van der Waals surface area contributed by atoms with Crippen LogP contribution in [-0.2, 0) is 32.6 Å². The Bertz CT molecular complexity index is 2180. The second-order valence-electron chi connectivity index (χ2n) is 12.8. The summed E-state index contributed by atoms with van der Waals surface area (Å²) in [5.41, 5.74) is 1.82. The molecule has 17 heteroatoms. The Labute approximate surface area is 295 Å². The minimum atomic E-state index is -1.19. The third-order valence-electron chi connectivity index (χ3n) is 8.25. The molecule has 0 saturated carbocycles. The SMILES string of the molecule is Cn1c(C(=O)OC(C)(C)C)cc2cc(NC(=O)[C@H](Cc3ccc([N+](=O)[O-])cc3)N3CCN(c4cc(Cl)ccc4-n4cnnn4)C(=O)C3=O)ccc21. The number of nitro benzene ring substituents is 1. The summed E-state index contributed by atoms with van der Waals surface area (Å²) >= 11 is 6.27. The molecule has 1 aliphatic heterocycles. The van der Waals surface area contributed by atoms with Gasteiger partial charge in [-0.1, -0.05) is 23.7 Å². The smallest absolute Gasteiger partial charge is 0.355 e. The molecule has 1 fully saturated rings. The Kier molecular flexibility index (Phi) is 9.27. The molecule has 3 aromatic carbocycles. The van der Waals surface area contributed by atoms with Crippen LogP contribution < -0.4 is 10.2 Å². The molecular formula is C34H32ClN9O7. The van der Waals surface area contributed by atoms with E-state index in [0.717, 1.165) is 5.52 Å². The van der Waals surface area contributed by atoms with Crippen LogP contribution >= 0.6 is 11.6 Å². The van der Waals surface area contributed by atoms with Crippen LogP contribution in [0.1, 0.15) is 36.8 Å². The summed E-state index contributed by atoms with van der Waals surface area (Å²) in [6.07, 6.45) is 1.29. The molecule has 3 amide bonds. The number of hydrogen-bond donors (Lipinski definition) is 1. The largest absolute Gasteiger partial charge is 0.455 e. The van der Waals surface area contributed by atoms with Gasteiger partial charge in [-0.15, -0.1) is 5.10 Å². The standard InChI is InChI=1S/C34H32ClN9O7/c1-34(2,3)51-33(48)29-17-21-16-23(8-12-25(21)40(29)4)37-30(45)28(15-20-5-9-24(10-6-20)44(49)50)42-14-13-41(31(46)32(42)47)27-18-22(35)7-11-26(27)43-19-36-38-39-43/h5-12,16-19,28H,13-15H2,1-4H3,(H,37,45)/t28-/m0/s1. The number of aromatic nitrogens is 5. The van der Waals surface area contributed by atoms with Gasteiger partial charge in [-0.25, -0.2) is 4.79 Å². The number of nitro groups is 1. The zero-order valence-electron chi connectivity index (χ0n) is 27.9. The average molecular weight is 714 g/mol. The van der Waals surface area contributed by atoms with Gasteiger partial charge in [0, 0.05) is 60.3 Å². The number of rotatable bonds is 9. The number of halogens is 1. The van der Waals surface area contributed by atoms with Crippen molar-refractivity contribution in [2.75, 3.05) is 23.3 Å². The maximum atomic E-state index is 14.1. The van der Waals surface area contributed by atoms with E-state index in [1.165, 1.54) is 51.1 Å². The maximum absolute atomic E-state index is 14.1. The molecule has 6 rings (SSSR count). The Morgan fingerprint density at radius 1 is 1.00 bits per heavy atom. The predicted molar refractivity (Wildman–Crippen MR) is 186 cm³/mol. The Hall–Kier alpha value is -6.16. The lowest BCUT2D eigenvalue weighted by atomic mass is 10.0. The van der Waals surface area contributed by atoms with Crippen LogP contribution in [0.5, 0.6) is 0 Å². The number of aryl methyl sites for hydroxylation is 1. The zero-order chi connectivity index (χ0) is 36.6. The van der Waals surface area contributed by atoms with E-state index in [4.69, 9.17) is 16.3 Å². The lowest BCUT2D eigenvalue weighted by molar-refractivity contribution is -0.384. The number of non-ortho nitro benzene ring substituents is 1. The van der Waals surface area contributed by atoms with Crippen molar-refractivity contribution < 1.29 is 28.8 Å². The van der Waals surface area contributed by atoms with Gasteiger partial charge in [0.1, 0.15) is 23.7 Å². The van der Waals surface area contributed by atoms with E-state index in [-0.39, 0.29) is 25.2 Å². The van der Waals surface area contributed by atoms with Crippen molar-refractivity contribution in [3.05, 3.63) is 99.5 Å². The maximum Gasteiger partial charge on any atom is 0.355 e. The molecule has 0 unspecified atom stereocenters. The highest BCUT2D eigenvalue weighted by atomic mass is 35.5. The minimum absolute atomic E-state index is 0.00744. The van der Waals surface area contributed by atoms with Crippen LogP contribution in [0.4, 0.5) is 17.1 Å². The zero-order valence-corrected chi connectivity index (χ0v) is 28.7. The van der Waals surface area contributed by atoms with Gasteiger partial charge in [-0.05, 0) is 79.2 Å². The normalized spacial score (nSPS) is 14.1. The molecule has 5 aromatic rings. The van der Waals surface area contributed by atoms with Crippen LogP contribution in [-0.4, -0.2) is 83.0 Å². The van der Waals surface area contributed by atoms with E-state index in [9.17, 15) is 29.3 Å². The molecule has 3 heterocycles. The van der Waals surface area contributed by atoms with Gasteiger partial charge >= 0.3 is 17.8 Å². The van der Waals surface area contributed by atoms with Crippen molar-refractivity contribution >= 4 is 63.3 Å². The number of ether oxygens (including phenoxy) is 1. The molecule has 1 N–H and O–H groups in total. The summed E-state index contributed by atoms with van der Waals surface area (Å²) in [5, 5.41) is 26.3. The van der Waals surface area contributed by atoms with Gasteiger partial charge in [0.15, 0.2) is 0 Å². The van der Waals surface area contributed by atoms with Crippen molar-refractivity contribution in [2.24, 2.45) is 7.05 Å². The topological polar surface area (TPSA) is 188 Å². The predicted octanol–water partition coefficient (Wildman–Crippen LogP) is 4.10. The van der Waals surface area contributed by atoms with E-state index in [1.807, 2.05) is 0 Å². The van der Waals surface area contributed by atoms with Crippen molar-refractivity contribution in [3.63, 3.8) is 0 Å². The third kappa shape index (κ3) is 7.26. The quantitative estimate of drug-likeness (QED) is 0.101. The van der Waals surface area contributed by atoms with Crippen LogP contribution in [0, 0.1) is 10.1 Å². The van der Waals surface area contributed by atoms with Gasteiger partial charge in [0.25, 0.3) is 5.69 Å². The van der Waals surface area contributed by atoms with Gasteiger partial charge in [0.2, 0.25) is 5.91 Å². The van der Waals surface area contributed by atoms with E-state index in [2.05, 4.69) is 20.8 Å². The summed E-state index contributed by atoms with van der Waals surface area (Å²) in [5.74, 6) is -2.94. The molecule has 16 nitrogen and oxygen atoms in total. The molecule has 0 aliphatic carbocycles. The first-order valence-corrected chi connectivity index (χ1v) is 16.1. The molecular weight excluding hydrogens is 682 g/mol. The van der Waals surface area contributed by atoms with Gasteiger partial charge in [-0.2, -0.15) is 4.68 Å². The Morgan fingerprint density at radius 2 is 1.75 bits per heavy atom. The number of anilines is 2. The number of fused-ring (bicyclic) bond motifs is 1. The highest BCUT2D eigenvalue weighted by Gasteiger charge is 2.41. The van der Waals surface area contributed by atoms with Crippen LogP contribution in [0.2, 0.25) is 5.02 Å². The second kappa shape index (κ2) is 13.6. The van der Waals surface area contributed by atoms with Crippen LogP contribution in [0.15, 0.2) is 73.1 Å². The fourth-order valence-corrected chi connectivity index (χ4v) is 6.02. The fourth-order valence-electron chi connectivity index (χ4n) is 5.85. The highest BCUT2D eigenvalue weighted by Crippen LogP contribution is 2.30. The molecule has 1 aliphatic rings. The number of nitrogens with one attached hydrogen (secondary N) is 1. The summed E-state index contributed by atoms with van der Waals surface area (Å²) in [6.45, 7) is 5.30. The highest BCUT2D eigenvalue weighted by molar-refractivity contribution is 6.41. The Morgan fingerprint density at radius 3 is 2.41 bits per heavy atom. The first-order valence-electron chi connectivity index (χ1n) is 15.7. The summed E-state index contributed by atoms with van der Waals surface area (Å²) in [4.78, 5) is 67.6. The summed E-state index contributed by atoms with van der Waals surface area (Å²) in [6, 6.07) is 15.9. The first kappa shape index (κ1) is 34.7. The number of esters is 1. The summed E-state index contributed by atoms with van der Waals surface area (Å²) in [7, 11) is 1.73. The Balaban J connectivity index is 1.29. The molecule has 2 aromatic heterocycles. The minimum Gasteiger partial charge on any atom is -0.455 e. The van der Waals surface area contributed by atoms with Crippen molar-refractivity contribution in [3.8, 4) is 5.69 Å². The molecule has 262 valence electrons. The number of amides is 3. The molecule has 51 heavy (non-hydrogen) atoms. The fraction of sp³-hybridized carbons (Fsp3) is 0.265. The number of carbonyl (C=O) groups excluding carboxylic acids is 4. The first-order chi connectivity index (χ1) is 24.2. The number of tetrazole rings is 1. The number of hydrogen-bond acceptors (Lipinski definition) is 10. The van der Waals surface area contributed by atoms with Crippen LogP contribution in [0.25, 0.3) is 16.6 Å². The van der Waals surface area contributed by atoms with Crippen LogP contribution in [0.3, 0.4) is 0 Å². The van der Waals surface area contributed by atoms with E-state index < -0.39 is 40.3 Å². The van der Waals surface area contributed by atoms with Gasteiger partial charge < -0.3 is 24.4 Å². The van der Waals surface area contributed by atoms with Crippen molar-refractivity contribution in [1.82, 2.24) is 29.7 Å². The van der Waals surface area contributed by atoms with E-state index >= 15 is 0 Å². The number of carbonyl (C=O) groups is 4. The monoisotopic (exact) mass is 713 g/mol. The molecule has 1 saturated heterocycles. The lowest BCUT2D eigenvalue weighted by Crippen LogP contribution is -2.60. The van der Waals surface area contributed by atoms with Gasteiger partial charge in [0.05, 0.1) is 16.3 Å². The van der Waals surface area contributed by atoms with E-state index in [0.29, 0.717) is 38.7 Å². The number of benzene rings is 3. The van der Waals surface area contributed by atoms with Crippen molar-refractivity contribution in [2.45, 2.75) is 38.8 Å². The van der Waals surface area contributed by atoms with E-state index in [1.54, 1.807) is 68.8 Å². The summed E-state index contributed by atoms with van der Waals surface area (Å²) < 4.78 is 8.57. The lowest BCUT2D eigenvalue weighted by Gasteiger charge is -2.38. The molecule has 0 spiro atoms. The molecule has 0 bridgehead atoms. The molecule has 1 atom stereocenters. The number of piperazine rings is 1. The number of nitrogens with zero attached hydrogens (tertiary/aromatic N) is 8. The van der Waals surface area contributed by atoms with Gasteiger partial charge in [-0.3, -0.25) is 24.5 Å². The van der Waals surface area contributed by atoms with Crippen molar-refractivity contribution in [1.29, 1.82) is 0 Å². The third-order valence-corrected chi connectivity index (χ3v) is 8.49. The average Bonchev–Trinajstić information content (AvgIpc) is 3.73.